The van der Waals surface area contributed by atoms with Crippen molar-refractivity contribution in [1.29, 1.82) is 0 Å². The van der Waals surface area contributed by atoms with Gasteiger partial charge in [0.05, 0.1) is 6.54 Å². The van der Waals surface area contributed by atoms with Crippen LogP contribution in [0.15, 0.2) is 22.9 Å². The molecule has 0 radical (unpaired) electrons. The quantitative estimate of drug-likeness (QED) is 0.857. The van der Waals surface area contributed by atoms with Gasteiger partial charge in [-0.05, 0) is 44.7 Å². The van der Waals surface area contributed by atoms with E-state index in [2.05, 4.69) is 15.3 Å². The van der Waals surface area contributed by atoms with Crippen molar-refractivity contribution in [2.75, 3.05) is 5.32 Å². The standard InChI is InChI=1S/C15H19N3O/c1-11-7-8-12(19-11)9-16-15-13-5-3-2-4-6-14(13)17-10-18-15/h7-8,10H,2-6,9H2,1H3,(H,16,17,18). The van der Waals surface area contributed by atoms with Crippen LogP contribution in [0.3, 0.4) is 0 Å². The molecule has 2 aromatic rings. The van der Waals surface area contributed by atoms with Gasteiger partial charge in [-0.15, -0.1) is 0 Å². The van der Waals surface area contributed by atoms with Gasteiger partial charge in [0.25, 0.3) is 0 Å². The maximum absolute atomic E-state index is 5.57. The Morgan fingerprint density at radius 2 is 2.05 bits per heavy atom. The van der Waals surface area contributed by atoms with Gasteiger partial charge in [-0.1, -0.05) is 6.42 Å². The average molecular weight is 257 g/mol. The van der Waals surface area contributed by atoms with Crippen LogP contribution in [0.2, 0.25) is 0 Å². The fourth-order valence-corrected chi connectivity index (χ4v) is 2.60. The summed E-state index contributed by atoms with van der Waals surface area (Å²) in [7, 11) is 0. The summed E-state index contributed by atoms with van der Waals surface area (Å²) < 4.78 is 5.57. The molecule has 0 aliphatic heterocycles. The Labute approximate surface area is 113 Å². The summed E-state index contributed by atoms with van der Waals surface area (Å²) in [5.74, 6) is 2.86. The molecule has 0 spiro atoms. The largest absolute Gasteiger partial charge is 0.465 e. The molecule has 2 aromatic heterocycles. The Kier molecular flexibility index (Phi) is 3.49. The van der Waals surface area contributed by atoms with Gasteiger partial charge < -0.3 is 9.73 Å². The Hall–Kier alpha value is -1.84. The molecule has 3 rings (SSSR count). The minimum Gasteiger partial charge on any atom is -0.465 e. The number of aryl methyl sites for hydroxylation is 2. The summed E-state index contributed by atoms with van der Waals surface area (Å²) in [6, 6.07) is 3.99. The highest BCUT2D eigenvalue weighted by Gasteiger charge is 2.14. The molecule has 4 heteroatoms. The number of rotatable bonds is 3. The molecule has 0 amide bonds. The first-order valence-electron chi connectivity index (χ1n) is 6.95. The fourth-order valence-electron chi connectivity index (χ4n) is 2.60. The van der Waals surface area contributed by atoms with E-state index < -0.39 is 0 Å². The second kappa shape index (κ2) is 5.43. The van der Waals surface area contributed by atoms with Gasteiger partial charge in [0.1, 0.15) is 23.7 Å². The average Bonchev–Trinajstić information content (AvgIpc) is 2.69. The van der Waals surface area contributed by atoms with E-state index in [1.165, 1.54) is 30.5 Å². The van der Waals surface area contributed by atoms with Crippen molar-refractivity contribution in [2.45, 2.75) is 45.6 Å². The monoisotopic (exact) mass is 257 g/mol. The molecule has 1 aliphatic rings. The van der Waals surface area contributed by atoms with E-state index in [1.54, 1.807) is 6.33 Å². The Bertz CT molecular complexity index is 562. The molecule has 19 heavy (non-hydrogen) atoms. The van der Waals surface area contributed by atoms with Gasteiger partial charge in [0.15, 0.2) is 0 Å². The van der Waals surface area contributed by atoms with Gasteiger partial charge in [0.2, 0.25) is 0 Å². The number of hydrogen-bond acceptors (Lipinski definition) is 4. The normalized spacial score (nSPS) is 14.8. The van der Waals surface area contributed by atoms with E-state index in [1.807, 2.05) is 19.1 Å². The maximum atomic E-state index is 5.57. The molecule has 1 aliphatic carbocycles. The number of nitrogens with one attached hydrogen (secondary N) is 1. The minimum absolute atomic E-state index is 0.678. The summed E-state index contributed by atoms with van der Waals surface area (Å²) in [5, 5.41) is 3.39. The second-order valence-electron chi connectivity index (χ2n) is 5.07. The number of nitrogens with zero attached hydrogens (tertiary/aromatic N) is 2. The minimum atomic E-state index is 0.678. The van der Waals surface area contributed by atoms with Crippen molar-refractivity contribution < 1.29 is 4.42 Å². The topological polar surface area (TPSA) is 51.0 Å². The smallest absolute Gasteiger partial charge is 0.133 e. The highest BCUT2D eigenvalue weighted by molar-refractivity contribution is 5.46. The van der Waals surface area contributed by atoms with Crippen LogP contribution in [0.1, 0.15) is 42.0 Å². The molecule has 4 nitrogen and oxygen atoms in total. The van der Waals surface area contributed by atoms with Crippen LogP contribution in [0, 0.1) is 6.92 Å². The SMILES string of the molecule is Cc1ccc(CNc2ncnc3c2CCCCC3)o1. The van der Waals surface area contributed by atoms with Crippen LogP contribution in [-0.2, 0) is 19.4 Å². The lowest BCUT2D eigenvalue weighted by Gasteiger charge is -2.11. The highest BCUT2D eigenvalue weighted by Crippen LogP contribution is 2.24. The summed E-state index contributed by atoms with van der Waals surface area (Å²) >= 11 is 0. The van der Waals surface area contributed by atoms with E-state index in [0.29, 0.717) is 6.54 Å². The van der Waals surface area contributed by atoms with Crippen LogP contribution in [-0.4, -0.2) is 9.97 Å². The molecule has 1 N–H and O–H groups in total. The lowest BCUT2D eigenvalue weighted by Crippen LogP contribution is -2.07. The predicted octanol–water partition coefficient (Wildman–Crippen LogP) is 3.26. The zero-order chi connectivity index (χ0) is 13.1. The predicted molar refractivity (Wildman–Crippen MR) is 74.1 cm³/mol. The molecule has 0 bridgehead atoms. The van der Waals surface area contributed by atoms with Gasteiger partial charge in [-0.25, -0.2) is 9.97 Å². The van der Waals surface area contributed by atoms with Crippen molar-refractivity contribution in [3.8, 4) is 0 Å². The zero-order valence-electron chi connectivity index (χ0n) is 11.3. The molecule has 0 saturated heterocycles. The molecule has 0 aromatic carbocycles. The van der Waals surface area contributed by atoms with Crippen LogP contribution in [0.5, 0.6) is 0 Å². The molecule has 0 unspecified atom stereocenters. The van der Waals surface area contributed by atoms with Crippen molar-refractivity contribution in [1.82, 2.24) is 9.97 Å². The van der Waals surface area contributed by atoms with Crippen molar-refractivity contribution in [2.24, 2.45) is 0 Å². The molecule has 0 atom stereocenters. The molecular formula is C15H19N3O. The van der Waals surface area contributed by atoms with Gasteiger partial charge >= 0.3 is 0 Å². The fraction of sp³-hybridized carbons (Fsp3) is 0.467. The molecule has 100 valence electrons. The summed E-state index contributed by atoms with van der Waals surface area (Å²) in [4.78, 5) is 8.82. The number of furan rings is 1. The van der Waals surface area contributed by atoms with E-state index in [4.69, 9.17) is 4.42 Å². The van der Waals surface area contributed by atoms with Crippen LogP contribution >= 0.6 is 0 Å². The zero-order valence-corrected chi connectivity index (χ0v) is 11.3. The summed E-state index contributed by atoms with van der Waals surface area (Å²) in [5.41, 5.74) is 2.51. The lowest BCUT2D eigenvalue weighted by atomic mass is 10.1. The first kappa shape index (κ1) is 12.2. The Morgan fingerprint density at radius 3 is 2.89 bits per heavy atom. The van der Waals surface area contributed by atoms with Crippen LogP contribution < -0.4 is 5.32 Å². The van der Waals surface area contributed by atoms with Gasteiger partial charge in [-0.2, -0.15) is 0 Å². The van der Waals surface area contributed by atoms with E-state index >= 15 is 0 Å². The van der Waals surface area contributed by atoms with Crippen LogP contribution in [0.25, 0.3) is 0 Å². The Balaban J connectivity index is 1.77. The first-order chi connectivity index (χ1) is 9.33. The molecule has 0 saturated carbocycles. The molecular weight excluding hydrogens is 238 g/mol. The molecule has 2 heterocycles. The van der Waals surface area contributed by atoms with E-state index in [9.17, 15) is 0 Å². The third-order valence-electron chi connectivity index (χ3n) is 3.60. The molecule has 0 fully saturated rings. The second-order valence-corrected chi connectivity index (χ2v) is 5.07. The first-order valence-corrected chi connectivity index (χ1v) is 6.95. The summed E-state index contributed by atoms with van der Waals surface area (Å²) in [6.45, 7) is 2.64. The summed E-state index contributed by atoms with van der Waals surface area (Å²) in [6.07, 6.45) is 7.57. The van der Waals surface area contributed by atoms with E-state index in [-0.39, 0.29) is 0 Å². The number of aromatic nitrogens is 2. The Morgan fingerprint density at radius 1 is 1.16 bits per heavy atom. The number of fused-ring (bicyclic) bond motifs is 1. The van der Waals surface area contributed by atoms with Gasteiger partial charge in [0, 0.05) is 11.3 Å². The van der Waals surface area contributed by atoms with Crippen molar-refractivity contribution in [3.05, 3.63) is 41.2 Å². The third kappa shape index (κ3) is 2.78. The van der Waals surface area contributed by atoms with Gasteiger partial charge in [-0.3, -0.25) is 0 Å². The van der Waals surface area contributed by atoms with Crippen LogP contribution in [0.4, 0.5) is 5.82 Å². The van der Waals surface area contributed by atoms with Crippen molar-refractivity contribution >= 4 is 5.82 Å². The lowest BCUT2D eigenvalue weighted by molar-refractivity contribution is 0.490. The number of hydrogen-bond donors (Lipinski definition) is 1. The maximum Gasteiger partial charge on any atom is 0.133 e. The van der Waals surface area contributed by atoms with Crippen molar-refractivity contribution in [3.63, 3.8) is 0 Å². The highest BCUT2D eigenvalue weighted by atomic mass is 16.3. The van der Waals surface area contributed by atoms with E-state index in [0.717, 1.165) is 30.2 Å². The number of anilines is 1. The third-order valence-corrected chi connectivity index (χ3v) is 3.60.